The van der Waals surface area contributed by atoms with Crippen LogP contribution in [0.3, 0.4) is 0 Å². The smallest absolute Gasteiger partial charge is 0.228 e. The molecule has 31 heavy (non-hydrogen) atoms. The summed E-state index contributed by atoms with van der Waals surface area (Å²) < 4.78 is 13.4. The maximum Gasteiger partial charge on any atom is 0.228 e. The largest absolute Gasteiger partial charge is 0.506 e. The van der Waals surface area contributed by atoms with Gasteiger partial charge in [-0.25, -0.2) is 9.37 Å². The minimum Gasteiger partial charge on any atom is -0.506 e. The number of nitrogens with one attached hydrogen (secondary N) is 1. The first-order valence-electron chi connectivity index (χ1n) is 10.1. The number of para-hydroxylation sites is 2. The number of benzene rings is 2. The van der Waals surface area contributed by atoms with Gasteiger partial charge in [0.2, 0.25) is 11.8 Å². The topological polar surface area (TPSA) is 82.5 Å². The highest BCUT2D eigenvalue weighted by Gasteiger charge is 2.28. The number of nitrogens with zero attached hydrogens (tertiary/aromatic N) is 2. The standard InChI is InChI=1S/C23H22FN3O3S/c24-17-5-3-4-16(12-17)23-25-18(14-31-23)13-21(29)27-10-8-15(9-11-27)22(30)26-19-6-1-2-7-20(19)28/h1-7,12,14-15,28H,8-11,13H2,(H,26,30). The Morgan fingerprint density at radius 3 is 2.68 bits per heavy atom. The summed E-state index contributed by atoms with van der Waals surface area (Å²) in [6.45, 7) is 0.997. The van der Waals surface area contributed by atoms with Crippen LogP contribution < -0.4 is 5.32 Å². The number of anilines is 1. The van der Waals surface area contributed by atoms with Crippen LogP contribution in [0.4, 0.5) is 10.1 Å². The third-order valence-electron chi connectivity index (χ3n) is 5.34. The number of rotatable bonds is 5. The van der Waals surface area contributed by atoms with Crippen molar-refractivity contribution in [3.63, 3.8) is 0 Å². The molecule has 0 bridgehead atoms. The summed E-state index contributed by atoms with van der Waals surface area (Å²) in [4.78, 5) is 31.4. The average Bonchev–Trinajstić information content (AvgIpc) is 3.24. The van der Waals surface area contributed by atoms with Gasteiger partial charge in [0.05, 0.1) is 17.8 Å². The van der Waals surface area contributed by atoms with Gasteiger partial charge < -0.3 is 15.3 Å². The highest BCUT2D eigenvalue weighted by Crippen LogP contribution is 2.26. The highest BCUT2D eigenvalue weighted by molar-refractivity contribution is 7.13. The van der Waals surface area contributed by atoms with Gasteiger partial charge in [-0.05, 0) is 37.1 Å². The monoisotopic (exact) mass is 439 g/mol. The molecule has 2 aromatic carbocycles. The van der Waals surface area contributed by atoms with E-state index in [1.165, 1.54) is 29.5 Å². The molecular weight excluding hydrogens is 417 g/mol. The first kappa shape index (κ1) is 21.0. The van der Waals surface area contributed by atoms with Crippen LogP contribution in [0.1, 0.15) is 18.5 Å². The third kappa shape index (κ3) is 5.08. The Balaban J connectivity index is 1.30. The van der Waals surface area contributed by atoms with E-state index in [-0.39, 0.29) is 35.7 Å². The maximum atomic E-state index is 13.4. The summed E-state index contributed by atoms with van der Waals surface area (Å²) in [6.07, 6.45) is 1.31. The summed E-state index contributed by atoms with van der Waals surface area (Å²) in [7, 11) is 0. The molecule has 1 aliphatic rings. The number of phenolic OH excluding ortho intramolecular Hbond substituents is 1. The van der Waals surface area contributed by atoms with E-state index in [0.717, 1.165) is 0 Å². The maximum absolute atomic E-state index is 13.4. The van der Waals surface area contributed by atoms with Crippen LogP contribution in [0.15, 0.2) is 53.9 Å². The Bertz CT molecular complexity index is 1090. The van der Waals surface area contributed by atoms with Crippen LogP contribution in [0.25, 0.3) is 10.6 Å². The van der Waals surface area contributed by atoms with Crippen molar-refractivity contribution in [1.82, 2.24) is 9.88 Å². The van der Waals surface area contributed by atoms with Gasteiger partial charge in [-0.2, -0.15) is 0 Å². The predicted octanol–water partition coefficient (Wildman–Crippen LogP) is 4.07. The quantitative estimate of drug-likeness (QED) is 0.587. The number of carbonyl (C=O) groups excluding carboxylic acids is 2. The zero-order chi connectivity index (χ0) is 21.8. The SMILES string of the molecule is O=C(Nc1ccccc1O)C1CCN(C(=O)Cc2csc(-c3cccc(F)c3)n2)CC1. The number of piperidine rings is 1. The number of aromatic nitrogens is 1. The number of halogens is 1. The van der Waals surface area contributed by atoms with E-state index in [2.05, 4.69) is 10.3 Å². The fourth-order valence-electron chi connectivity index (χ4n) is 3.61. The van der Waals surface area contributed by atoms with E-state index >= 15 is 0 Å². The number of carbonyl (C=O) groups is 2. The Morgan fingerprint density at radius 2 is 1.94 bits per heavy atom. The van der Waals surface area contributed by atoms with E-state index in [9.17, 15) is 19.1 Å². The van der Waals surface area contributed by atoms with Crippen LogP contribution in [0, 0.1) is 11.7 Å². The van der Waals surface area contributed by atoms with Crippen LogP contribution in [0.2, 0.25) is 0 Å². The van der Waals surface area contributed by atoms with E-state index in [1.54, 1.807) is 35.2 Å². The van der Waals surface area contributed by atoms with Crippen molar-refractivity contribution in [2.24, 2.45) is 5.92 Å². The lowest BCUT2D eigenvalue weighted by atomic mass is 9.95. The first-order chi connectivity index (χ1) is 15.0. The van der Waals surface area contributed by atoms with Gasteiger partial charge in [0.15, 0.2) is 0 Å². The molecule has 0 unspecified atom stereocenters. The minimum atomic E-state index is -0.320. The van der Waals surface area contributed by atoms with Crippen molar-refractivity contribution in [3.05, 3.63) is 65.4 Å². The number of thiazole rings is 1. The predicted molar refractivity (Wildman–Crippen MR) is 117 cm³/mol. The molecule has 1 saturated heterocycles. The van der Waals surface area contributed by atoms with E-state index in [0.29, 0.717) is 47.9 Å². The fourth-order valence-corrected chi connectivity index (χ4v) is 4.43. The van der Waals surface area contributed by atoms with Crippen molar-refractivity contribution in [3.8, 4) is 16.3 Å². The summed E-state index contributed by atoms with van der Waals surface area (Å²) in [5.41, 5.74) is 1.75. The molecule has 2 heterocycles. The second-order valence-corrected chi connectivity index (χ2v) is 8.35. The summed E-state index contributed by atoms with van der Waals surface area (Å²) in [5.74, 6) is -0.671. The van der Waals surface area contributed by atoms with Gasteiger partial charge >= 0.3 is 0 Å². The molecule has 0 radical (unpaired) electrons. The summed E-state index contributed by atoms with van der Waals surface area (Å²) >= 11 is 1.38. The molecule has 1 aromatic heterocycles. The molecule has 6 nitrogen and oxygen atoms in total. The lowest BCUT2D eigenvalue weighted by Gasteiger charge is -2.31. The molecule has 2 amide bonds. The van der Waals surface area contributed by atoms with Crippen LogP contribution in [-0.4, -0.2) is 39.9 Å². The Labute approximate surface area is 183 Å². The Hall–Kier alpha value is -3.26. The second-order valence-electron chi connectivity index (χ2n) is 7.49. The third-order valence-corrected chi connectivity index (χ3v) is 6.28. The fraction of sp³-hybridized carbons (Fsp3) is 0.261. The number of amides is 2. The number of aromatic hydroxyl groups is 1. The van der Waals surface area contributed by atoms with Crippen molar-refractivity contribution < 1.29 is 19.1 Å². The molecule has 0 spiro atoms. The molecule has 8 heteroatoms. The number of hydrogen-bond donors (Lipinski definition) is 2. The van der Waals surface area contributed by atoms with Gasteiger partial charge in [-0.3, -0.25) is 9.59 Å². The van der Waals surface area contributed by atoms with Crippen LogP contribution in [-0.2, 0) is 16.0 Å². The second kappa shape index (κ2) is 9.26. The lowest BCUT2D eigenvalue weighted by molar-refractivity contribution is -0.133. The number of likely N-dealkylation sites (tertiary alicyclic amines) is 1. The van der Waals surface area contributed by atoms with Gasteiger partial charge in [-0.15, -0.1) is 11.3 Å². The van der Waals surface area contributed by atoms with Gasteiger partial charge in [0.25, 0.3) is 0 Å². The van der Waals surface area contributed by atoms with Crippen molar-refractivity contribution in [1.29, 1.82) is 0 Å². The summed E-state index contributed by atoms with van der Waals surface area (Å²) in [6, 6.07) is 12.8. The molecule has 2 N–H and O–H groups in total. The normalized spacial score (nSPS) is 14.4. The van der Waals surface area contributed by atoms with Crippen LogP contribution in [0.5, 0.6) is 5.75 Å². The molecule has 4 rings (SSSR count). The van der Waals surface area contributed by atoms with Crippen molar-refractivity contribution >= 4 is 28.8 Å². The Morgan fingerprint density at radius 1 is 1.16 bits per heavy atom. The number of phenols is 1. The zero-order valence-electron chi connectivity index (χ0n) is 16.8. The molecule has 3 aromatic rings. The zero-order valence-corrected chi connectivity index (χ0v) is 17.6. The molecule has 0 saturated carbocycles. The molecular formula is C23H22FN3O3S. The van der Waals surface area contributed by atoms with Gasteiger partial charge in [0.1, 0.15) is 16.6 Å². The molecule has 0 aliphatic carbocycles. The molecule has 0 atom stereocenters. The van der Waals surface area contributed by atoms with Crippen LogP contribution >= 0.6 is 11.3 Å². The highest BCUT2D eigenvalue weighted by atomic mass is 32.1. The van der Waals surface area contributed by atoms with E-state index < -0.39 is 0 Å². The molecule has 1 fully saturated rings. The number of hydrogen-bond acceptors (Lipinski definition) is 5. The average molecular weight is 440 g/mol. The van der Waals surface area contributed by atoms with Gasteiger partial charge in [0, 0.05) is 30.0 Å². The van der Waals surface area contributed by atoms with E-state index in [1.807, 2.05) is 5.38 Å². The van der Waals surface area contributed by atoms with E-state index in [4.69, 9.17) is 0 Å². The molecule has 1 aliphatic heterocycles. The Kier molecular flexibility index (Phi) is 6.27. The van der Waals surface area contributed by atoms with Crippen molar-refractivity contribution in [2.45, 2.75) is 19.3 Å². The minimum absolute atomic E-state index is 0.0318. The van der Waals surface area contributed by atoms with Gasteiger partial charge in [-0.1, -0.05) is 24.3 Å². The first-order valence-corrected chi connectivity index (χ1v) is 10.9. The summed E-state index contributed by atoms with van der Waals surface area (Å²) in [5, 5.41) is 15.1. The molecule has 160 valence electrons. The van der Waals surface area contributed by atoms with Crippen molar-refractivity contribution in [2.75, 3.05) is 18.4 Å². The lowest BCUT2D eigenvalue weighted by Crippen LogP contribution is -2.42.